The molecule has 0 atom stereocenters. The summed E-state index contributed by atoms with van der Waals surface area (Å²) in [5, 5.41) is 0. The molecule has 21 heavy (non-hydrogen) atoms. The van der Waals surface area contributed by atoms with Crippen molar-refractivity contribution in [1.29, 1.82) is 0 Å². The number of carbonyl (C=O) groups excluding carboxylic acids is 1. The third-order valence-electron chi connectivity index (χ3n) is 3.26. The Hall–Kier alpha value is -3.01. The molecule has 3 rings (SSSR count). The highest BCUT2D eigenvalue weighted by molar-refractivity contribution is 5.87. The van der Waals surface area contributed by atoms with Gasteiger partial charge in [0.25, 0.3) is 0 Å². The van der Waals surface area contributed by atoms with E-state index in [4.69, 9.17) is 5.73 Å². The second-order valence-electron chi connectivity index (χ2n) is 4.59. The van der Waals surface area contributed by atoms with Crippen LogP contribution >= 0.6 is 0 Å². The number of aldehydes is 1. The van der Waals surface area contributed by atoms with Crippen LogP contribution in [-0.4, -0.2) is 16.3 Å². The van der Waals surface area contributed by atoms with Gasteiger partial charge >= 0.3 is 0 Å². The Bertz CT molecular complexity index is 768. The van der Waals surface area contributed by atoms with Crippen LogP contribution in [0.25, 0.3) is 22.4 Å². The highest BCUT2D eigenvalue weighted by Gasteiger charge is 2.13. The van der Waals surface area contributed by atoms with Crippen molar-refractivity contribution in [2.45, 2.75) is 0 Å². The minimum atomic E-state index is 0.436. The molecule has 0 aliphatic heterocycles. The van der Waals surface area contributed by atoms with Crippen LogP contribution in [0.2, 0.25) is 0 Å². The second kappa shape index (κ2) is 5.54. The Balaban J connectivity index is 2.18. The molecule has 0 bridgehead atoms. The first-order valence-electron chi connectivity index (χ1n) is 6.51. The van der Waals surface area contributed by atoms with E-state index >= 15 is 0 Å². The van der Waals surface area contributed by atoms with E-state index < -0.39 is 0 Å². The molecular weight excluding hydrogens is 262 g/mol. The molecule has 0 aliphatic carbocycles. The van der Waals surface area contributed by atoms with E-state index in [2.05, 4.69) is 9.97 Å². The summed E-state index contributed by atoms with van der Waals surface area (Å²) in [5.74, 6) is 0.436. The lowest BCUT2D eigenvalue weighted by atomic mass is 9.99. The Morgan fingerprint density at radius 2 is 1.57 bits per heavy atom. The minimum absolute atomic E-state index is 0.436. The molecule has 0 spiro atoms. The molecule has 4 heteroatoms. The number of benzene rings is 2. The molecule has 4 nitrogen and oxygen atoms in total. The van der Waals surface area contributed by atoms with Crippen LogP contribution in [0.15, 0.2) is 60.9 Å². The fourth-order valence-corrected chi connectivity index (χ4v) is 2.23. The highest BCUT2D eigenvalue weighted by atomic mass is 16.1. The van der Waals surface area contributed by atoms with Gasteiger partial charge in [-0.1, -0.05) is 54.6 Å². The maximum atomic E-state index is 10.8. The van der Waals surface area contributed by atoms with Gasteiger partial charge in [-0.15, -0.1) is 0 Å². The third-order valence-corrected chi connectivity index (χ3v) is 3.26. The van der Waals surface area contributed by atoms with Crippen LogP contribution in [0.5, 0.6) is 0 Å². The summed E-state index contributed by atoms with van der Waals surface area (Å²) < 4.78 is 0. The van der Waals surface area contributed by atoms with Crippen molar-refractivity contribution in [2.24, 2.45) is 0 Å². The smallest absolute Gasteiger partial charge is 0.150 e. The molecule has 0 aliphatic rings. The lowest BCUT2D eigenvalue weighted by Crippen LogP contribution is -1.99. The van der Waals surface area contributed by atoms with Crippen LogP contribution < -0.4 is 5.73 Å². The van der Waals surface area contributed by atoms with Gasteiger partial charge in [-0.05, 0) is 5.56 Å². The van der Waals surface area contributed by atoms with Crippen molar-refractivity contribution in [3.8, 4) is 22.4 Å². The van der Waals surface area contributed by atoms with Crippen LogP contribution in [0.1, 0.15) is 10.4 Å². The maximum Gasteiger partial charge on any atom is 0.150 e. The molecule has 1 heterocycles. The summed E-state index contributed by atoms with van der Waals surface area (Å²) in [5.41, 5.74) is 10.1. The Kier molecular flexibility index (Phi) is 3.43. The predicted molar refractivity (Wildman–Crippen MR) is 82.7 cm³/mol. The van der Waals surface area contributed by atoms with E-state index in [1.54, 1.807) is 12.1 Å². The average molecular weight is 275 g/mol. The zero-order chi connectivity index (χ0) is 14.7. The number of nitrogens with zero attached hydrogens (tertiary/aromatic N) is 2. The monoisotopic (exact) mass is 275 g/mol. The second-order valence-corrected chi connectivity index (χ2v) is 4.59. The van der Waals surface area contributed by atoms with E-state index in [9.17, 15) is 4.79 Å². The quantitative estimate of drug-likeness (QED) is 0.745. The zero-order valence-corrected chi connectivity index (χ0v) is 11.2. The van der Waals surface area contributed by atoms with E-state index in [0.717, 1.165) is 28.7 Å². The van der Waals surface area contributed by atoms with Gasteiger partial charge in [0.15, 0.2) is 0 Å². The van der Waals surface area contributed by atoms with Crippen molar-refractivity contribution >= 4 is 12.1 Å². The molecule has 2 aromatic carbocycles. The normalized spacial score (nSPS) is 10.3. The van der Waals surface area contributed by atoms with Crippen molar-refractivity contribution in [3.63, 3.8) is 0 Å². The number of hydrogen-bond donors (Lipinski definition) is 1. The zero-order valence-electron chi connectivity index (χ0n) is 11.2. The summed E-state index contributed by atoms with van der Waals surface area (Å²) in [6.07, 6.45) is 2.26. The van der Waals surface area contributed by atoms with Crippen LogP contribution in [0, 0.1) is 0 Å². The largest absolute Gasteiger partial charge is 0.383 e. The fourth-order valence-electron chi connectivity index (χ4n) is 2.23. The summed E-state index contributed by atoms with van der Waals surface area (Å²) >= 11 is 0. The van der Waals surface area contributed by atoms with Crippen molar-refractivity contribution < 1.29 is 4.79 Å². The van der Waals surface area contributed by atoms with Gasteiger partial charge in [0.1, 0.15) is 18.4 Å². The fraction of sp³-hybridized carbons (Fsp3) is 0. The van der Waals surface area contributed by atoms with Crippen molar-refractivity contribution in [1.82, 2.24) is 9.97 Å². The SMILES string of the molecule is Nc1ncnc(-c2ccc(C=O)cc2)c1-c1ccccc1. The molecule has 0 unspecified atom stereocenters. The van der Waals surface area contributed by atoms with Gasteiger partial charge in [-0.3, -0.25) is 4.79 Å². The lowest BCUT2D eigenvalue weighted by molar-refractivity contribution is 0.112. The van der Waals surface area contributed by atoms with E-state index in [1.807, 2.05) is 42.5 Å². The summed E-state index contributed by atoms with van der Waals surface area (Å²) in [6, 6.07) is 17.0. The summed E-state index contributed by atoms with van der Waals surface area (Å²) in [6.45, 7) is 0. The molecule has 2 N–H and O–H groups in total. The Labute approximate surface area is 122 Å². The Morgan fingerprint density at radius 1 is 0.857 bits per heavy atom. The van der Waals surface area contributed by atoms with Gasteiger partial charge < -0.3 is 5.73 Å². The Morgan fingerprint density at radius 3 is 2.24 bits per heavy atom. The lowest BCUT2D eigenvalue weighted by Gasteiger charge is -2.11. The van der Waals surface area contributed by atoms with Crippen molar-refractivity contribution in [3.05, 3.63) is 66.5 Å². The number of nitrogen functional groups attached to an aromatic ring is 1. The molecule has 0 amide bonds. The highest BCUT2D eigenvalue weighted by Crippen LogP contribution is 2.33. The van der Waals surface area contributed by atoms with E-state index in [-0.39, 0.29) is 0 Å². The van der Waals surface area contributed by atoms with Crippen LogP contribution in [0.4, 0.5) is 5.82 Å². The van der Waals surface area contributed by atoms with Gasteiger partial charge in [0, 0.05) is 11.1 Å². The van der Waals surface area contributed by atoms with Gasteiger partial charge in [0.05, 0.1) is 11.3 Å². The first-order valence-corrected chi connectivity index (χ1v) is 6.51. The standard InChI is InChI=1S/C17H13N3O/c18-17-15(13-4-2-1-3-5-13)16(19-11-20-17)14-8-6-12(10-21)7-9-14/h1-11H,(H2,18,19,20). The number of anilines is 1. The number of rotatable bonds is 3. The third kappa shape index (κ3) is 2.51. The molecule has 0 saturated heterocycles. The van der Waals surface area contributed by atoms with Gasteiger partial charge in [0.2, 0.25) is 0 Å². The average Bonchev–Trinajstić information content (AvgIpc) is 2.55. The number of nitrogens with two attached hydrogens (primary N) is 1. The van der Waals surface area contributed by atoms with Gasteiger partial charge in [-0.25, -0.2) is 9.97 Å². The predicted octanol–water partition coefficient (Wildman–Crippen LogP) is 3.21. The molecule has 0 saturated carbocycles. The van der Waals surface area contributed by atoms with Crippen molar-refractivity contribution in [2.75, 3.05) is 5.73 Å². The first kappa shape index (κ1) is 13.0. The molecular formula is C17H13N3O. The summed E-state index contributed by atoms with van der Waals surface area (Å²) in [7, 11) is 0. The maximum absolute atomic E-state index is 10.8. The van der Waals surface area contributed by atoms with Crippen LogP contribution in [-0.2, 0) is 0 Å². The molecule has 0 fully saturated rings. The topological polar surface area (TPSA) is 68.9 Å². The molecule has 0 radical (unpaired) electrons. The van der Waals surface area contributed by atoms with E-state index in [1.165, 1.54) is 6.33 Å². The molecule has 3 aromatic rings. The first-order chi connectivity index (χ1) is 10.3. The van der Waals surface area contributed by atoms with E-state index in [0.29, 0.717) is 11.4 Å². The van der Waals surface area contributed by atoms with Crippen LogP contribution in [0.3, 0.4) is 0 Å². The van der Waals surface area contributed by atoms with Gasteiger partial charge in [-0.2, -0.15) is 0 Å². The number of aromatic nitrogens is 2. The minimum Gasteiger partial charge on any atom is -0.383 e. The summed E-state index contributed by atoms with van der Waals surface area (Å²) in [4.78, 5) is 19.2. The number of carbonyl (C=O) groups is 1. The molecule has 1 aromatic heterocycles. The number of hydrogen-bond acceptors (Lipinski definition) is 4. The molecule has 102 valence electrons.